The van der Waals surface area contributed by atoms with Crippen molar-refractivity contribution in [1.82, 2.24) is 9.78 Å². The van der Waals surface area contributed by atoms with Gasteiger partial charge < -0.3 is 0 Å². The highest BCUT2D eigenvalue weighted by molar-refractivity contribution is 9.10. The summed E-state index contributed by atoms with van der Waals surface area (Å²) < 4.78 is 4.11. The van der Waals surface area contributed by atoms with Crippen LogP contribution in [0.3, 0.4) is 0 Å². The minimum absolute atomic E-state index is 0.935. The molecule has 0 radical (unpaired) electrons. The van der Waals surface area contributed by atoms with Gasteiger partial charge >= 0.3 is 0 Å². The summed E-state index contributed by atoms with van der Waals surface area (Å²) in [6.07, 6.45) is 0.935. The highest BCUT2D eigenvalue weighted by atomic mass is 79.9. The number of halogens is 2. The summed E-state index contributed by atoms with van der Waals surface area (Å²) in [6, 6.07) is 8.26. The zero-order valence-electron chi connectivity index (χ0n) is 9.17. The fourth-order valence-corrected chi connectivity index (χ4v) is 2.81. The molecule has 0 spiro atoms. The van der Waals surface area contributed by atoms with Crippen LogP contribution in [-0.4, -0.2) is 9.78 Å². The van der Waals surface area contributed by atoms with E-state index in [9.17, 15) is 0 Å². The van der Waals surface area contributed by atoms with Crippen molar-refractivity contribution in [3.8, 4) is 11.3 Å². The number of benzene rings is 1. The number of nitrogens with zero attached hydrogens (tertiary/aromatic N) is 2. The molecule has 0 aliphatic rings. The van der Waals surface area contributed by atoms with Gasteiger partial charge in [0.05, 0.1) is 15.9 Å². The van der Waals surface area contributed by atoms with Gasteiger partial charge in [0, 0.05) is 17.1 Å². The minimum atomic E-state index is 0.935. The van der Waals surface area contributed by atoms with Crippen molar-refractivity contribution in [2.75, 3.05) is 0 Å². The van der Waals surface area contributed by atoms with Gasteiger partial charge in [-0.25, -0.2) is 0 Å². The average Bonchev–Trinajstić information content (AvgIpc) is 2.56. The van der Waals surface area contributed by atoms with E-state index in [1.165, 1.54) is 5.56 Å². The molecule has 0 saturated carbocycles. The molecule has 0 amide bonds. The monoisotopic (exact) mass is 342 g/mol. The fraction of sp³-hybridized carbons (Fsp3) is 0.250. The first-order valence-corrected chi connectivity index (χ1v) is 6.69. The maximum absolute atomic E-state index is 4.49. The Kier molecular flexibility index (Phi) is 3.50. The Hall–Kier alpha value is -0.610. The van der Waals surface area contributed by atoms with Gasteiger partial charge in [0.2, 0.25) is 0 Å². The Bertz CT molecular complexity index is 500. The standard InChI is InChI=1S/C12H12Br2N2/c1-3-10-11(14)12(16(2)15-10)8-4-6-9(13)7-5-8/h4-7H,3H2,1-2H3. The lowest BCUT2D eigenvalue weighted by Gasteiger charge is -2.03. The molecule has 0 aliphatic carbocycles. The Labute approximate surface area is 112 Å². The van der Waals surface area contributed by atoms with E-state index in [1.807, 2.05) is 23.9 Å². The van der Waals surface area contributed by atoms with Gasteiger partial charge in [0.25, 0.3) is 0 Å². The van der Waals surface area contributed by atoms with E-state index in [4.69, 9.17) is 0 Å². The zero-order valence-corrected chi connectivity index (χ0v) is 12.3. The quantitative estimate of drug-likeness (QED) is 0.800. The third-order valence-electron chi connectivity index (χ3n) is 2.51. The second-order valence-corrected chi connectivity index (χ2v) is 5.30. The van der Waals surface area contributed by atoms with Crippen LogP contribution >= 0.6 is 31.9 Å². The first-order valence-electron chi connectivity index (χ1n) is 5.10. The molecule has 4 heteroatoms. The number of hydrogen-bond acceptors (Lipinski definition) is 1. The summed E-state index contributed by atoms with van der Waals surface area (Å²) in [6.45, 7) is 2.11. The Morgan fingerprint density at radius 3 is 2.31 bits per heavy atom. The van der Waals surface area contributed by atoms with Crippen LogP contribution < -0.4 is 0 Å². The molecule has 84 valence electrons. The number of hydrogen-bond donors (Lipinski definition) is 0. The van der Waals surface area contributed by atoms with Gasteiger partial charge in [-0.1, -0.05) is 35.0 Å². The van der Waals surface area contributed by atoms with Crippen molar-refractivity contribution in [3.05, 3.63) is 38.9 Å². The van der Waals surface area contributed by atoms with Crippen molar-refractivity contribution in [3.63, 3.8) is 0 Å². The molecule has 2 rings (SSSR count). The highest BCUT2D eigenvalue weighted by Crippen LogP contribution is 2.31. The van der Waals surface area contributed by atoms with Crippen LogP contribution in [0, 0.1) is 0 Å². The van der Waals surface area contributed by atoms with Gasteiger partial charge in [0.1, 0.15) is 0 Å². The lowest BCUT2D eigenvalue weighted by atomic mass is 10.1. The Morgan fingerprint density at radius 1 is 1.19 bits per heavy atom. The predicted molar refractivity (Wildman–Crippen MR) is 73.4 cm³/mol. The van der Waals surface area contributed by atoms with Crippen molar-refractivity contribution in [2.45, 2.75) is 13.3 Å². The number of rotatable bonds is 2. The van der Waals surface area contributed by atoms with Gasteiger partial charge in [-0.15, -0.1) is 0 Å². The molecule has 0 aliphatic heterocycles. The van der Waals surface area contributed by atoms with E-state index < -0.39 is 0 Å². The van der Waals surface area contributed by atoms with Crippen molar-refractivity contribution >= 4 is 31.9 Å². The largest absolute Gasteiger partial charge is 0.266 e. The maximum atomic E-state index is 4.49. The summed E-state index contributed by atoms with van der Waals surface area (Å²) in [5.41, 5.74) is 3.40. The predicted octanol–water partition coefficient (Wildman–Crippen LogP) is 4.17. The van der Waals surface area contributed by atoms with Crippen molar-refractivity contribution in [1.29, 1.82) is 0 Å². The van der Waals surface area contributed by atoms with Crippen LogP contribution in [0.1, 0.15) is 12.6 Å². The van der Waals surface area contributed by atoms with Crippen LogP contribution in [0.15, 0.2) is 33.2 Å². The first-order chi connectivity index (χ1) is 7.63. The molecule has 0 fully saturated rings. The molecule has 0 atom stereocenters. The highest BCUT2D eigenvalue weighted by Gasteiger charge is 2.13. The van der Waals surface area contributed by atoms with Gasteiger partial charge in [-0.05, 0) is 34.5 Å². The van der Waals surface area contributed by atoms with E-state index in [0.29, 0.717) is 0 Å². The molecule has 0 bridgehead atoms. The molecule has 0 saturated heterocycles. The summed E-state index contributed by atoms with van der Waals surface area (Å²) in [5.74, 6) is 0. The van der Waals surface area contributed by atoms with Gasteiger partial charge in [-0.3, -0.25) is 4.68 Å². The van der Waals surface area contributed by atoms with Gasteiger partial charge in [0.15, 0.2) is 0 Å². The molecule has 0 unspecified atom stereocenters. The molecule has 1 heterocycles. The molecule has 1 aromatic carbocycles. The fourth-order valence-electron chi connectivity index (χ4n) is 1.70. The summed E-state index contributed by atoms with van der Waals surface area (Å²) in [4.78, 5) is 0. The summed E-state index contributed by atoms with van der Waals surface area (Å²) in [5, 5.41) is 4.49. The van der Waals surface area contributed by atoms with E-state index in [-0.39, 0.29) is 0 Å². The Balaban J connectivity index is 2.55. The lowest BCUT2D eigenvalue weighted by molar-refractivity contribution is 0.753. The number of aromatic nitrogens is 2. The molecular weight excluding hydrogens is 332 g/mol. The first kappa shape index (κ1) is 11.9. The van der Waals surface area contributed by atoms with Crippen LogP contribution in [0.25, 0.3) is 11.3 Å². The van der Waals surface area contributed by atoms with Crippen molar-refractivity contribution < 1.29 is 0 Å². The third kappa shape index (κ3) is 2.09. The SMILES string of the molecule is CCc1nn(C)c(-c2ccc(Br)cc2)c1Br. The molecule has 2 aromatic rings. The molecule has 2 nitrogen and oxygen atoms in total. The summed E-state index contributed by atoms with van der Waals surface area (Å²) in [7, 11) is 1.97. The third-order valence-corrected chi connectivity index (χ3v) is 3.87. The average molecular weight is 344 g/mol. The summed E-state index contributed by atoms with van der Waals surface area (Å²) >= 11 is 7.06. The smallest absolute Gasteiger partial charge is 0.0824 e. The Morgan fingerprint density at radius 2 is 1.81 bits per heavy atom. The molecule has 16 heavy (non-hydrogen) atoms. The molecular formula is C12H12Br2N2. The maximum Gasteiger partial charge on any atom is 0.0824 e. The lowest BCUT2D eigenvalue weighted by Crippen LogP contribution is -1.94. The van der Waals surface area contributed by atoms with E-state index >= 15 is 0 Å². The second-order valence-electron chi connectivity index (χ2n) is 3.59. The van der Waals surface area contributed by atoms with E-state index in [1.54, 1.807) is 0 Å². The van der Waals surface area contributed by atoms with E-state index in [2.05, 4.69) is 56.0 Å². The topological polar surface area (TPSA) is 17.8 Å². The van der Waals surface area contributed by atoms with Crippen LogP contribution in [0.4, 0.5) is 0 Å². The van der Waals surface area contributed by atoms with E-state index in [0.717, 1.165) is 26.8 Å². The second kappa shape index (κ2) is 4.72. The molecule has 0 N–H and O–H groups in total. The normalized spacial score (nSPS) is 10.8. The van der Waals surface area contributed by atoms with Crippen molar-refractivity contribution in [2.24, 2.45) is 7.05 Å². The van der Waals surface area contributed by atoms with Crippen LogP contribution in [-0.2, 0) is 13.5 Å². The van der Waals surface area contributed by atoms with Crippen LogP contribution in [0.2, 0.25) is 0 Å². The number of aryl methyl sites for hydroxylation is 2. The van der Waals surface area contributed by atoms with Crippen LogP contribution in [0.5, 0.6) is 0 Å². The molecule has 1 aromatic heterocycles. The zero-order chi connectivity index (χ0) is 11.7. The van der Waals surface area contributed by atoms with Gasteiger partial charge in [-0.2, -0.15) is 5.10 Å². The minimum Gasteiger partial charge on any atom is -0.266 e.